The molecule has 21 heavy (non-hydrogen) atoms. The predicted octanol–water partition coefficient (Wildman–Crippen LogP) is 1.70. The standard InChI is InChI=1S/C17H27N3O/c1-19(2)10-11-20(13-14-6-4-3-5-7-14)17(21)12-16(18)15-8-9-15/h3-7,15-16H,8-13,18H2,1-2H3. The van der Waals surface area contributed by atoms with E-state index in [-0.39, 0.29) is 11.9 Å². The van der Waals surface area contributed by atoms with Crippen LogP contribution in [0.1, 0.15) is 24.8 Å². The number of hydrogen-bond acceptors (Lipinski definition) is 3. The first-order valence-corrected chi connectivity index (χ1v) is 7.78. The lowest BCUT2D eigenvalue weighted by atomic mass is 10.1. The fourth-order valence-electron chi connectivity index (χ4n) is 2.44. The summed E-state index contributed by atoms with van der Waals surface area (Å²) in [5.74, 6) is 0.751. The summed E-state index contributed by atoms with van der Waals surface area (Å²) in [7, 11) is 4.06. The Balaban J connectivity index is 1.94. The second kappa shape index (κ2) is 7.57. The van der Waals surface area contributed by atoms with Gasteiger partial charge in [0, 0.05) is 32.1 Å². The number of likely N-dealkylation sites (N-methyl/N-ethyl adjacent to an activating group) is 1. The molecule has 0 aromatic heterocycles. The van der Waals surface area contributed by atoms with E-state index in [0.717, 1.165) is 13.1 Å². The SMILES string of the molecule is CN(C)CCN(Cc1ccccc1)C(=O)CC(N)C1CC1. The van der Waals surface area contributed by atoms with Gasteiger partial charge in [-0.2, -0.15) is 0 Å². The molecule has 1 aromatic rings. The summed E-state index contributed by atoms with van der Waals surface area (Å²) in [6.45, 7) is 2.29. The Morgan fingerprint density at radius 1 is 1.24 bits per heavy atom. The smallest absolute Gasteiger partial charge is 0.224 e. The third kappa shape index (κ3) is 5.48. The summed E-state index contributed by atoms with van der Waals surface area (Å²) in [6, 6.07) is 10.2. The lowest BCUT2D eigenvalue weighted by molar-refractivity contribution is -0.132. The van der Waals surface area contributed by atoms with E-state index in [1.165, 1.54) is 18.4 Å². The summed E-state index contributed by atoms with van der Waals surface area (Å²) in [4.78, 5) is 16.6. The Morgan fingerprint density at radius 3 is 2.48 bits per heavy atom. The van der Waals surface area contributed by atoms with E-state index in [9.17, 15) is 4.79 Å². The quantitative estimate of drug-likeness (QED) is 0.792. The van der Waals surface area contributed by atoms with E-state index in [1.807, 2.05) is 37.2 Å². The molecule has 1 aliphatic carbocycles. The Morgan fingerprint density at radius 2 is 1.90 bits per heavy atom. The molecule has 1 fully saturated rings. The number of carbonyl (C=O) groups is 1. The van der Waals surface area contributed by atoms with Gasteiger partial charge in [0.05, 0.1) is 0 Å². The number of amides is 1. The van der Waals surface area contributed by atoms with Gasteiger partial charge in [-0.3, -0.25) is 4.79 Å². The summed E-state index contributed by atoms with van der Waals surface area (Å²) in [5, 5.41) is 0. The minimum absolute atomic E-state index is 0.0372. The van der Waals surface area contributed by atoms with E-state index < -0.39 is 0 Å². The van der Waals surface area contributed by atoms with Gasteiger partial charge in [0.15, 0.2) is 0 Å². The van der Waals surface area contributed by atoms with Crippen LogP contribution in [0.15, 0.2) is 30.3 Å². The fourth-order valence-corrected chi connectivity index (χ4v) is 2.44. The van der Waals surface area contributed by atoms with Crippen LogP contribution < -0.4 is 5.73 Å². The number of nitrogens with zero attached hydrogens (tertiary/aromatic N) is 2. The Hall–Kier alpha value is -1.39. The molecule has 4 nitrogen and oxygen atoms in total. The van der Waals surface area contributed by atoms with E-state index in [2.05, 4.69) is 17.0 Å². The molecule has 0 heterocycles. The van der Waals surface area contributed by atoms with Gasteiger partial charge >= 0.3 is 0 Å². The maximum absolute atomic E-state index is 12.5. The van der Waals surface area contributed by atoms with Crippen molar-refractivity contribution in [1.82, 2.24) is 9.80 Å². The normalized spacial score (nSPS) is 16.0. The van der Waals surface area contributed by atoms with Crippen molar-refractivity contribution >= 4 is 5.91 Å². The van der Waals surface area contributed by atoms with Gasteiger partial charge in [-0.15, -0.1) is 0 Å². The lowest BCUT2D eigenvalue weighted by Crippen LogP contribution is -2.39. The van der Waals surface area contributed by atoms with Crippen molar-refractivity contribution < 1.29 is 4.79 Å². The van der Waals surface area contributed by atoms with E-state index >= 15 is 0 Å². The molecular weight excluding hydrogens is 262 g/mol. The van der Waals surface area contributed by atoms with Crippen LogP contribution in [0.2, 0.25) is 0 Å². The molecule has 1 amide bonds. The summed E-state index contributed by atoms with van der Waals surface area (Å²) < 4.78 is 0. The van der Waals surface area contributed by atoms with E-state index in [0.29, 0.717) is 18.9 Å². The van der Waals surface area contributed by atoms with Crippen LogP contribution in [0.3, 0.4) is 0 Å². The molecule has 0 spiro atoms. The highest BCUT2D eigenvalue weighted by molar-refractivity contribution is 5.77. The largest absolute Gasteiger partial charge is 0.337 e. The highest BCUT2D eigenvalue weighted by Crippen LogP contribution is 2.33. The van der Waals surface area contributed by atoms with Gasteiger partial charge in [0.25, 0.3) is 0 Å². The fraction of sp³-hybridized carbons (Fsp3) is 0.588. The maximum Gasteiger partial charge on any atom is 0.224 e. The molecule has 0 saturated heterocycles. The molecule has 0 bridgehead atoms. The Labute approximate surface area is 127 Å². The number of hydrogen-bond donors (Lipinski definition) is 1. The molecule has 2 rings (SSSR count). The third-order valence-corrected chi connectivity index (χ3v) is 4.02. The van der Waals surface area contributed by atoms with Crippen LogP contribution in [0.5, 0.6) is 0 Å². The molecular formula is C17H27N3O. The van der Waals surface area contributed by atoms with Gasteiger partial charge in [0.2, 0.25) is 5.91 Å². The molecule has 4 heteroatoms. The van der Waals surface area contributed by atoms with Crippen LogP contribution in [0.25, 0.3) is 0 Å². The average Bonchev–Trinajstić information content (AvgIpc) is 3.28. The molecule has 1 aromatic carbocycles. The topological polar surface area (TPSA) is 49.6 Å². The molecule has 1 unspecified atom stereocenters. The zero-order valence-corrected chi connectivity index (χ0v) is 13.2. The van der Waals surface area contributed by atoms with Crippen molar-refractivity contribution in [3.8, 4) is 0 Å². The first-order valence-electron chi connectivity index (χ1n) is 7.78. The number of rotatable bonds is 8. The summed E-state index contributed by atoms with van der Waals surface area (Å²) in [6.07, 6.45) is 2.85. The molecule has 1 aliphatic rings. The monoisotopic (exact) mass is 289 g/mol. The zero-order valence-electron chi connectivity index (χ0n) is 13.2. The van der Waals surface area contributed by atoms with Crippen LogP contribution in [0.4, 0.5) is 0 Å². The van der Waals surface area contributed by atoms with Crippen LogP contribution in [0, 0.1) is 5.92 Å². The predicted molar refractivity (Wildman–Crippen MR) is 85.7 cm³/mol. The van der Waals surface area contributed by atoms with Crippen molar-refractivity contribution in [2.75, 3.05) is 27.2 Å². The van der Waals surface area contributed by atoms with Crippen LogP contribution >= 0.6 is 0 Å². The molecule has 2 N–H and O–H groups in total. The number of benzene rings is 1. The molecule has 0 radical (unpaired) electrons. The van der Waals surface area contributed by atoms with Gasteiger partial charge in [-0.25, -0.2) is 0 Å². The second-order valence-corrected chi connectivity index (χ2v) is 6.31. The van der Waals surface area contributed by atoms with Crippen LogP contribution in [-0.4, -0.2) is 48.9 Å². The first kappa shape index (κ1) is 16.0. The van der Waals surface area contributed by atoms with Crippen LogP contribution in [-0.2, 0) is 11.3 Å². The molecule has 116 valence electrons. The minimum Gasteiger partial charge on any atom is -0.337 e. The van der Waals surface area contributed by atoms with Crippen molar-refractivity contribution in [2.45, 2.75) is 31.8 Å². The highest BCUT2D eigenvalue weighted by atomic mass is 16.2. The van der Waals surface area contributed by atoms with Gasteiger partial charge in [-0.05, 0) is 38.4 Å². The average molecular weight is 289 g/mol. The third-order valence-electron chi connectivity index (χ3n) is 4.02. The highest BCUT2D eigenvalue weighted by Gasteiger charge is 2.31. The Kier molecular flexibility index (Phi) is 5.76. The molecule has 1 atom stereocenters. The van der Waals surface area contributed by atoms with E-state index in [1.54, 1.807) is 0 Å². The van der Waals surface area contributed by atoms with Gasteiger partial charge in [0.1, 0.15) is 0 Å². The number of nitrogens with two attached hydrogens (primary N) is 1. The lowest BCUT2D eigenvalue weighted by Gasteiger charge is -2.26. The minimum atomic E-state index is 0.0372. The van der Waals surface area contributed by atoms with E-state index in [4.69, 9.17) is 5.73 Å². The van der Waals surface area contributed by atoms with Gasteiger partial charge < -0.3 is 15.5 Å². The Bertz CT molecular complexity index is 443. The molecule has 0 aliphatic heterocycles. The number of carbonyl (C=O) groups excluding carboxylic acids is 1. The van der Waals surface area contributed by atoms with Crippen molar-refractivity contribution in [3.63, 3.8) is 0 Å². The summed E-state index contributed by atoms with van der Waals surface area (Å²) >= 11 is 0. The van der Waals surface area contributed by atoms with Crippen molar-refractivity contribution in [2.24, 2.45) is 11.7 Å². The maximum atomic E-state index is 12.5. The second-order valence-electron chi connectivity index (χ2n) is 6.31. The molecule has 1 saturated carbocycles. The van der Waals surface area contributed by atoms with Crippen molar-refractivity contribution in [1.29, 1.82) is 0 Å². The van der Waals surface area contributed by atoms with Crippen molar-refractivity contribution in [3.05, 3.63) is 35.9 Å². The van der Waals surface area contributed by atoms with Gasteiger partial charge in [-0.1, -0.05) is 30.3 Å². The zero-order chi connectivity index (χ0) is 15.2. The summed E-state index contributed by atoms with van der Waals surface area (Å²) in [5.41, 5.74) is 7.28. The first-order chi connectivity index (χ1) is 10.1.